The lowest BCUT2D eigenvalue weighted by Crippen LogP contribution is -2.60. The average Bonchev–Trinajstić information content (AvgIpc) is 3.07. The van der Waals surface area contributed by atoms with Crippen LogP contribution >= 0.6 is 0 Å². The average molecular weight is 759 g/mol. The molecule has 0 radical (unpaired) electrons. The molecule has 0 amide bonds. The minimum absolute atomic E-state index is 0.0146. The van der Waals surface area contributed by atoms with E-state index in [2.05, 4.69) is 96.2 Å². The molecule has 7 atom stereocenters. The van der Waals surface area contributed by atoms with Crippen LogP contribution in [0.3, 0.4) is 0 Å². The van der Waals surface area contributed by atoms with Crippen molar-refractivity contribution in [3.63, 3.8) is 0 Å². The zero-order valence-corrected chi connectivity index (χ0v) is 35.7. The first-order chi connectivity index (χ1) is 25.8. The number of aliphatic hydroxyl groups excluding tert-OH is 2. The second kappa shape index (κ2) is 23.0. The summed E-state index contributed by atoms with van der Waals surface area (Å²) in [5.74, 6) is 0. The molecule has 0 aromatic rings. The fourth-order valence-electron chi connectivity index (χ4n) is 6.66. The smallest absolute Gasteiger partial charge is 0.187 e. The van der Waals surface area contributed by atoms with Crippen LogP contribution in [-0.2, 0) is 18.9 Å². The third-order valence-electron chi connectivity index (χ3n) is 9.78. The molecule has 0 bridgehead atoms. The molecule has 2 aliphatic rings. The Bertz CT molecular complexity index is 1610. The maximum absolute atomic E-state index is 10.8. The lowest BCUT2D eigenvalue weighted by molar-refractivity contribution is -0.316. The molecule has 0 saturated carbocycles. The first kappa shape index (κ1) is 47.8. The largest absolute Gasteiger partial charge is 0.393 e. The molecule has 7 nitrogen and oxygen atoms in total. The Morgan fingerprint density at radius 2 is 1.20 bits per heavy atom. The van der Waals surface area contributed by atoms with E-state index in [1.54, 1.807) is 19.9 Å². The molecule has 7 unspecified atom stereocenters. The Balaban J connectivity index is 1.92. The van der Waals surface area contributed by atoms with Crippen molar-refractivity contribution in [1.29, 1.82) is 0 Å². The Hall–Kier alpha value is -3.40. The van der Waals surface area contributed by atoms with Crippen LogP contribution in [0.15, 0.2) is 142 Å². The minimum atomic E-state index is -1.21. The van der Waals surface area contributed by atoms with Gasteiger partial charge in [-0.15, -0.1) is 0 Å². The van der Waals surface area contributed by atoms with Crippen LogP contribution in [0, 0.1) is 5.41 Å². The van der Waals surface area contributed by atoms with E-state index in [9.17, 15) is 15.3 Å². The SMILES string of the molecule is COC1C(C)OC(OC(C=CC(C)=CC=CC(C)=CC=CC(C)=CC=CC=C(C)C=CC=C(C)C=CC2=C(C)CC(O)CC2(C)C)C(C)(C)O)C(OC)C1O. The van der Waals surface area contributed by atoms with Crippen molar-refractivity contribution in [2.75, 3.05) is 14.2 Å². The normalized spacial score (nSPS) is 27.7. The predicted octanol–water partition coefficient (Wildman–Crippen LogP) is 9.84. The molecule has 1 aliphatic heterocycles. The van der Waals surface area contributed by atoms with Crippen molar-refractivity contribution in [2.24, 2.45) is 5.41 Å². The van der Waals surface area contributed by atoms with Crippen LogP contribution in [0.2, 0.25) is 0 Å². The highest BCUT2D eigenvalue weighted by Crippen LogP contribution is 2.41. The topological polar surface area (TPSA) is 97.6 Å². The van der Waals surface area contributed by atoms with E-state index in [4.69, 9.17) is 18.9 Å². The Morgan fingerprint density at radius 1 is 0.745 bits per heavy atom. The fourth-order valence-corrected chi connectivity index (χ4v) is 6.66. The van der Waals surface area contributed by atoms with E-state index in [-0.39, 0.29) is 11.5 Å². The van der Waals surface area contributed by atoms with E-state index in [1.807, 2.05) is 63.3 Å². The molecule has 0 aromatic heterocycles. The van der Waals surface area contributed by atoms with Crippen molar-refractivity contribution in [1.82, 2.24) is 0 Å². The zero-order valence-electron chi connectivity index (χ0n) is 35.7. The zero-order chi connectivity index (χ0) is 41.3. The number of hydrogen-bond donors (Lipinski definition) is 3. The van der Waals surface area contributed by atoms with Crippen molar-refractivity contribution < 1.29 is 34.3 Å². The minimum Gasteiger partial charge on any atom is -0.393 e. The van der Waals surface area contributed by atoms with Gasteiger partial charge in [-0.05, 0) is 86.1 Å². The highest BCUT2D eigenvalue weighted by atomic mass is 16.7. The van der Waals surface area contributed by atoms with Gasteiger partial charge >= 0.3 is 0 Å². The van der Waals surface area contributed by atoms with Gasteiger partial charge in [-0.2, -0.15) is 0 Å². The summed E-state index contributed by atoms with van der Waals surface area (Å²) >= 11 is 0. The molecule has 304 valence electrons. The quantitative estimate of drug-likeness (QED) is 0.127. The van der Waals surface area contributed by atoms with Crippen molar-refractivity contribution in [3.05, 3.63) is 142 Å². The van der Waals surface area contributed by atoms with Crippen LogP contribution in [-0.4, -0.2) is 78.1 Å². The number of methoxy groups -OCH3 is 2. The number of allylic oxidation sites excluding steroid dienone is 22. The van der Waals surface area contributed by atoms with Gasteiger partial charge in [0.25, 0.3) is 0 Å². The number of aliphatic hydroxyl groups is 3. The van der Waals surface area contributed by atoms with Crippen LogP contribution in [0.5, 0.6) is 0 Å². The summed E-state index contributed by atoms with van der Waals surface area (Å²) < 4.78 is 23.0. The molecule has 1 saturated heterocycles. The molecule has 1 fully saturated rings. The molecular weight excluding hydrogens is 689 g/mol. The van der Waals surface area contributed by atoms with Gasteiger partial charge in [0.1, 0.15) is 24.4 Å². The second-order valence-corrected chi connectivity index (χ2v) is 16.2. The predicted molar refractivity (Wildman–Crippen MR) is 228 cm³/mol. The summed E-state index contributed by atoms with van der Waals surface area (Å²) in [5.41, 5.74) is 6.93. The summed E-state index contributed by atoms with van der Waals surface area (Å²) in [5, 5.41) is 31.7. The third-order valence-corrected chi connectivity index (χ3v) is 9.78. The van der Waals surface area contributed by atoms with Gasteiger partial charge in [0.05, 0.1) is 17.8 Å². The van der Waals surface area contributed by atoms with Crippen LogP contribution < -0.4 is 0 Å². The van der Waals surface area contributed by atoms with Gasteiger partial charge in [0, 0.05) is 14.2 Å². The van der Waals surface area contributed by atoms with Crippen molar-refractivity contribution in [2.45, 2.75) is 138 Å². The number of rotatable bonds is 17. The lowest BCUT2D eigenvalue weighted by Gasteiger charge is -2.44. The van der Waals surface area contributed by atoms with E-state index in [0.29, 0.717) is 0 Å². The highest BCUT2D eigenvalue weighted by Gasteiger charge is 2.46. The van der Waals surface area contributed by atoms with E-state index < -0.39 is 42.4 Å². The molecule has 0 spiro atoms. The van der Waals surface area contributed by atoms with E-state index in [0.717, 1.165) is 35.1 Å². The van der Waals surface area contributed by atoms with Crippen molar-refractivity contribution in [3.8, 4) is 0 Å². The Morgan fingerprint density at radius 3 is 1.65 bits per heavy atom. The van der Waals surface area contributed by atoms with Gasteiger partial charge in [0.2, 0.25) is 0 Å². The van der Waals surface area contributed by atoms with E-state index in [1.165, 1.54) is 30.9 Å². The molecular formula is C48H70O7. The molecule has 3 N–H and O–H groups in total. The highest BCUT2D eigenvalue weighted by molar-refractivity contribution is 5.38. The monoisotopic (exact) mass is 759 g/mol. The number of ether oxygens (including phenoxy) is 4. The van der Waals surface area contributed by atoms with Crippen molar-refractivity contribution >= 4 is 0 Å². The molecule has 2 rings (SSSR count). The molecule has 55 heavy (non-hydrogen) atoms. The summed E-state index contributed by atoms with van der Waals surface area (Å²) in [6, 6.07) is 0. The Kier molecular flexibility index (Phi) is 20.0. The maximum atomic E-state index is 10.8. The van der Waals surface area contributed by atoms with Crippen LogP contribution in [0.4, 0.5) is 0 Å². The number of hydrogen-bond acceptors (Lipinski definition) is 7. The van der Waals surface area contributed by atoms with Gasteiger partial charge in [-0.25, -0.2) is 0 Å². The fraction of sp³-hybridized carbons (Fsp3) is 0.500. The van der Waals surface area contributed by atoms with Crippen LogP contribution in [0.25, 0.3) is 0 Å². The van der Waals surface area contributed by atoms with Gasteiger partial charge < -0.3 is 34.3 Å². The summed E-state index contributed by atoms with van der Waals surface area (Å²) in [6.45, 7) is 22.0. The summed E-state index contributed by atoms with van der Waals surface area (Å²) in [7, 11) is 3.01. The molecule has 1 aliphatic carbocycles. The molecule has 0 aromatic carbocycles. The Labute approximate surface area is 332 Å². The van der Waals surface area contributed by atoms with Crippen LogP contribution in [0.1, 0.15) is 89.0 Å². The third kappa shape index (κ3) is 16.7. The van der Waals surface area contributed by atoms with Gasteiger partial charge in [-0.1, -0.05) is 151 Å². The van der Waals surface area contributed by atoms with Gasteiger partial charge in [0.15, 0.2) is 6.29 Å². The maximum Gasteiger partial charge on any atom is 0.187 e. The standard InChI is InChI=1S/C48H70O7/c1-33(19-14-15-20-34(2)22-17-25-36(4)27-29-41-38(6)31-40(49)32-47(41,8)9)21-16-23-35(3)24-18-26-37(5)28-30-42(48(10,11)51)55-46-45(53-13)43(50)44(52-12)39(7)54-46/h14-30,39-40,42-46,49-51H,31-32H2,1-13H3. The molecule has 1 heterocycles. The lowest BCUT2D eigenvalue weighted by atomic mass is 9.71. The first-order valence-electron chi connectivity index (χ1n) is 19.4. The second-order valence-electron chi connectivity index (χ2n) is 16.2. The summed E-state index contributed by atoms with van der Waals surface area (Å²) in [6.07, 6.45) is 31.9. The summed E-state index contributed by atoms with van der Waals surface area (Å²) in [4.78, 5) is 0. The van der Waals surface area contributed by atoms with E-state index >= 15 is 0 Å². The molecule has 7 heteroatoms. The van der Waals surface area contributed by atoms with Gasteiger partial charge in [-0.3, -0.25) is 0 Å². The first-order valence-corrected chi connectivity index (χ1v) is 19.4.